The molecule has 1 rings (SSSR count). The molecule has 1 heterocycles. The summed E-state index contributed by atoms with van der Waals surface area (Å²) in [7, 11) is 0. The van der Waals surface area contributed by atoms with E-state index in [4.69, 9.17) is 10.2 Å². The molecule has 0 bridgehead atoms. The molecule has 1 saturated heterocycles. The van der Waals surface area contributed by atoms with Crippen LogP contribution in [0.4, 0.5) is 4.79 Å². The summed E-state index contributed by atoms with van der Waals surface area (Å²) in [5.41, 5.74) is -0.143. The van der Waals surface area contributed by atoms with Crippen LogP contribution in [0, 0.1) is 0 Å². The first-order valence-electron chi connectivity index (χ1n) is 5.81. The molecule has 6 heteroatoms. The minimum absolute atomic E-state index is 0.0232. The Morgan fingerprint density at radius 3 is 2.59 bits per heavy atom. The molecule has 0 radical (unpaired) electrons. The first-order valence-corrected chi connectivity index (χ1v) is 5.81. The summed E-state index contributed by atoms with van der Waals surface area (Å²) in [6, 6.07) is -0.190. The number of amides is 2. The predicted octanol–water partition coefficient (Wildman–Crippen LogP) is 0.406. The summed E-state index contributed by atoms with van der Waals surface area (Å²) >= 11 is 0. The number of nitrogens with one attached hydrogen (secondary N) is 1. The predicted molar refractivity (Wildman–Crippen MR) is 61.7 cm³/mol. The van der Waals surface area contributed by atoms with Crippen LogP contribution in [-0.2, 0) is 4.79 Å². The largest absolute Gasteiger partial charge is 0.479 e. The van der Waals surface area contributed by atoms with Gasteiger partial charge in [-0.2, -0.15) is 0 Å². The molecule has 0 aliphatic carbocycles. The lowest BCUT2D eigenvalue weighted by molar-refractivity contribution is -0.146. The zero-order valence-corrected chi connectivity index (χ0v) is 10.3. The molecule has 1 atom stereocenters. The van der Waals surface area contributed by atoms with E-state index in [0.29, 0.717) is 0 Å². The van der Waals surface area contributed by atoms with Crippen LogP contribution in [0.2, 0.25) is 0 Å². The van der Waals surface area contributed by atoms with Crippen LogP contribution in [0.15, 0.2) is 0 Å². The van der Waals surface area contributed by atoms with E-state index in [0.717, 1.165) is 19.4 Å². The topological polar surface area (TPSA) is 89.9 Å². The van der Waals surface area contributed by atoms with E-state index in [1.54, 1.807) is 4.90 Å². The van der Waals surface area contributed by atoms with E-state index >= 15 is 0 Å². The van der Waals surface area contributed by atoms with Gasteiger partial charge in [-0.05, 0) is 26.7 Å². The summed E-state index contributed by atoms with van der Waals surface area (Å²) in [5, 5.41) is 20.1. The Balaban J connectivity index is 2.33. The van der Waals surface area contributed by atoms with Crippen molar-refractivity contribution in [1.82, 2.24) is 10.2 Å². The van der Waals surface area contributed by atoms with E-state index in [1.807, 2.05) is 13.8 Å². The highest BCUT2D eigenvalue weighted by Crippen LogP contribution is 2.27. The van der Waals surface area contributed by atoms with Crippen molar-refractivity contribution in [2.75, 3.05) is 13.1 Å². The Labute approximate surface area is 101 Å². The van der Waals surface area contributed by atoms with Gasteiger partial charge in [-0.25, -0.2) is 9.59 Å². The van der Waals surface area contributed by atoms with Gasteiger partial charge in [0.05, 0.1) is 0 Å². The molecule has 0 saturated carbocycles. The molecular formula is C11H20N2O4. The van der Waals surface area contributed by atoms with Crippen LogP contribution >= 0.6 is 0 Å². The van der Waals surface area contributed by atoms with Gasteiger partial charge in [-0.15, -0.1) is 0 Å². The lowest BCUT2D eigenvalue weighted by Gasteiger charge is -2.31. The van der Waals surface area contributed by atoms with Crippen molar-refractivity contribution in [2.45, 2.75) is 44.8 Å². The molecule has 0 spiro atoms. The molecule has 1 aliphatic rings. The summed E-state index contributed by atoms with van der Waals surface area (Å²) in [6.45, 7) is 4.90. The van der Waals surface area contributed by atoms with Crippen LogP contribution in [0.5, 0.6) is 0 Å². The summed E-state index contributed by atoms with van der Waals surface area (Å²) < 4.78 is 0. The first kappa shape index (κ1) is 13.8. The highest BCUT2D eigenvalue weighted by Gasteiger charge is 2.35. The molecular weight excluding hydrogens is 224 g/mol. The average Bonchev–Trinajstić information content (AvgIpc) is 2.57. The second kappa shape index (κ2) is 5.35. The standard InChI is InChI=1S/C11H20N2O4/c1-11(2)5-3-7-13(11)10(17)12-6-4-8(14)9(15)16/h8,14H,3-7H2,1-2H3,(H,12,17)(H,15,16). The monoisotopic (exact) mass is 244 g/mol. The van der Waals surface area contributed by atoms with Gasteiger partial charge in [0, 0.05) is 25.0 Å². The molecule has 0 aromatic rings. The van der Waals surface area contributed by atoms with Gasteiger partial charge in [-0.3, -0.25) is 0 Å². The lowest BCUT2D eigenvalue weighted by Crippen LogP contribution is -2.48. The molecule has 1 unspecified atom stereocenters. The maximum atomic E-state index is 11.8. The molecule has 17 heavy (non-hydrogen) atoms. The van der Waals surface area contributed by atoms with E-state index in [2.05, 4.69) is 5.32 Å². The number of urea groups is 1. The van der Waals surface area contributed by atoms with Crippen LogP contribution in [0.1, 0.15) is 33.1 Å². The van der Waals surface area contributed by atoms with Crippen LogP contribution in [-0.4, -0.2) is 51.8 Å². The normalized spacial score (nSPS) is 20.1. The highest BCUT2D eigenvalue weighted by molar-refractivity contribution is 5.75. The Hall–Kier alpha value is -1.30. The van der Waals surface area contributed by atoms with Crippen molar-refractivity contribution < 1.29 is 19.8 Å². The van der Waals surface area contributed by atoms with E-state index in [1.165, 1.54) is 0 Å². The van der Waals surface area contributed by atoms with E-state index in [-0.39, 0.29) is 24.5 Å². The number of carbonyl (C=O) groups excluding carboxylic acids is 1. The maximum Gasteiger partial charge on any atom is 0.332 e. The molecule has 2 amide bonds. The number of hydrogen-bond acceptors (Lipinski definition) is 3. The zero-order chi connectivity index (χ0) is 13.1. The molecule has 0 aromatic heterocycles. The third-order valence-corrected chi connectivity index (χ3v) is 3.13. The summed E-state index contributed by atoms with van der Waals surface area (Å²) in [4.78, 5) is 23.9. The third-order valence-electron chi connectivity index (χ3n) is 3.13. The van der Waals surface area contributed by atoms with Crippen molar-refractivity contribution in [3.05, 3.63) is 0 Å². The Morgan fingerprint density at radius 2 is 2.12 bits per heavy atom. The van der Waals surface area contributed by atoms with Crippen LogP contribution in [0.3, 0.4) is 0 Å². The van der Waals surface area contributed by atoms with Crippen molar-refractivity contribution in [3.63, 3.8) is 0 Å². The third kappa shape index (κ3) is 3.59. The summed E-state index contributed by atoms with van der Waals surface area (Å²) in [6.07, 6.45) is 0.563. The molecule has 98 valence electrons. The van der Waals surface area contributed by atoms with Crippen molar-refractivity contribution in [2.24, 2.45) is 0 Å². The van der Waals surface area contributed by atoms with Gasteiger partial charge in [-0.1, -0.05) is 0 Å². The van der Waals surface area contributed by atoms with Crippen LogP contribution in [0.25, 0.3) is 0 Å². The SMILES string of the molecule is CC1(C)CCCN1C(=O)NCCC(O)C(=O)O. The Bertz CT molecular complexity index is 304. The molecule has 1 fully saturated rings. The highest BCUT2D eigenvalue weighted by atomic mass is 16.4. The van der Waals surface area contributed by atoms with E-state index < -0.39 is 12.1 Å². The van der Waals surface area contributed by atoms with E-state index in [9.17, 15) is 9.59 Å². The van der Waals surface area contributed by atoms with Crippen LogP contribution < -0.4 is 5.32 Å². The van der Waals surface area contributed by atoms with Crippen molar-refractivity contribution in [3.8, 4) is 0 Å². The Morgan fingerprint density at radius 1 is 1.47 bits per heavy atom. The van der Waals surface area contributed by atoms with Gasteiger partial charge in [0.2, 0.25) is 0 Å². The molecule has 3 N–H and O–H groups in total. The number of likely N-dealkylation sites (tertiary alicyclic amines) is 1. The second-order valence-corrected chi connectivity index (χ2v) is 4.94. The number of aliphatic hydroxyl groups is 1. The zero-order valence-electron chi connectivity index (χ0n) is 10.3. The fourth-order valence-electron chi connectivity index (χ4n) is 2.02. The number of rotatable bonds is 4. The second-order valence-electron chi connectivity index (χ2n) is 4.94. The number of aliphatic carboxylic acids is 1. The van der Waals surface area contributed by atoms with Gasteiger partial charge in [0.1, 0.15) is 0 Å². The maximum absolute atomic E-state index is 11.8. The van der Waals surface area contributed by atoms with Gasteiger partial charge in [0.25, 0.3) is 0 Å². The number of hydrogen-bond donors (Lipinski definition) is 3. The van der Waals surface area contributed by atoms with Gasteiger partial charge >= 0.3 is 12.0 Å². The fraction of sp³-hybridized carbons (Fsp3) is 0.818. The number of carbonyl (C=O) groups is 2. The quantitative estimate of drug-likeness (QED) is 0.668. The fourth-order valence-corrected chi connectivity index (χ4v) is 2.02. The smallest absolute Gasteiger partial charge is 0.332 e. The number of nitrogens with zero attached hydrogens (tertiary/aromatic N) is 1. The number of carboxylic acids is 1. The summed E-state index contributed by atoms with van der Waals surface area (Å²) in [5.74, 6) is -1.26. The average molecular weight is 244 g/mol. The lowest BCUT2D eigenvalue weighted by atomic mass is 10.0. The van der Waals surface area contributed by atoms with Gasteiger partial charge < -0.3 is 20.4 Å². The molecule has 1 aliphatic heterocycles. The molecule has 0 aromatic carbocycles. The minimum Gasteiger partial charge on any atom is -0.479 e. The van der Waals surface area contributed by atoms with Crippen molar-refractivity contribution in [1.29, 1.82) is 0 Å². The van der Waals surface area contributed by atoms with Crippen molar-refractivity contribution >= 4 is 12.0 Å². The number of aliphatic hydroxyl groups excluding tert-OH is 1. The first-order chi connectivity index (χ1) is 7.84. The molecule has 6 nitrogen and oxygen atoms in total. The van der Waals surface area contributed by atoms with Gasteiger partial charge in [0.15, 0.2) is 6.10 Å². The minimum atomic E-state index is -1.41. The number of carboxylic acid groups (broad SMARTS) is 1. The Kier molecular flexibility index (Phi) is 4.34.